The van der Waals surface area contributed by atoms with Crippen molar-refractivity contribution in [2.45, 2.75) is 40.0 Å². The van der Waals surface area contributed by atoms with E-state index in [9.17, 15) is 0 Å². The summed E-state index contributed by atoms with van der Waals surface area (Å²) >= 11 is 0. The van der Waals surface area contributed by atoms with Crippen molar-refractivity contribution in [2.75, 3.05) is 19.8 Å². The summed E-state index contributed by atoms with van der Waals surface area (Å²) in [6.45, 7) is 8.16. The van der Waals surface area contributed by atoms with Crippen LogP contribution < -0.4 is 0 Å². The molecule has 0 saturated carbocycles. The van der Waals surface area contributed by atoms with E-state index in [-0.39, 0.29) is 12.0 Å². The van der Waals surface area contributed by atoms with E-state index in [0.29, 0.717) is 0 Å². The Morgan fingerprint density at radius 2 is 2.00 bits per heavy atom. The molecule has 2 heteroatoms. The maximum atomic E-state index is 9.10. The third-order valence-corrected chi connectivity index (χ3v) is 2.51. The Hall–Kier alpha value is -0.0800. The van der Waals surface area contributed by atoms with Crippen LogP contribution in [0.5, 0.6) is 0 Å². The van der Waals surface area contributed by atoms with Gasteiger partial charge in [0.25, 0.3) is 0 Å². The third kappa shape index (κ3) is 4.73. The van der Waals surface area contributed by atoms with Crippen LogP contribution in [-0.4, -0.2) is 24.9 Å². The second kappa shape index (κ2) is 6.44. The van der Waals surface area contributed by atoms with Crippen LogP contribution in [0.4, 0.5) is 0 Å². The van der Waals surface area contributed by atoms with E-state index in [1.165, 1.54) is 0 Å². The maximum Gasteiger partial charge on any atom is 0.0484 e. The minimum atomic E-state index is 0.108. The Morgan fingerprint density at radius 3 is 2.42 bits per heavy atom. The van der Waals surface area contributed by atoms with Crippen molar-refractivity contribution in [1.29, 1.82) is 0 Å². The first kappa shape index (κ1) is 11.9. The van der Waals surface area contributed by atoms with E-state index in [2.05, 4.69) is 13.8 Å². The molecule has 0 rings (SSSR count). The predicted molar refractivity (Wildman–Crippen MR) is 51.2 cm³/mol. The van der Waals surface area contributed by atoms with Gasteiger partial charge in [-0.2, -0.15) is 0 Å². The normalized spacial score (nSPS) is 16.0. The number of hydrogen-bond donors (Lipinski definition) is 1. The van der Waals surface area contributed by atoms with Gasteiger partial charge in [-0.25, -0.2) is 0 Å². The summed E-state index contributed by atoms with van der Waals surface area (Å²) in [4.78, 5) is 0. The highest BCUT2D eigenvalue weighted by Gasteiger charge is 2.19. The molecule has 1 atom stereocenters. The zero-order chi connectivity index (χ0) is 9.45. The standard InChI is InChI=1S/C10H22O2/c1-4-10(3,9-11)7-6-8-12-5-2/h11H,4-9H2,1-3H3. The van der Waals surface area contributed by atoms with Gasteiger partial charge in [-0.15, -0.1) is 0 Å². The van der Waals surface area contributed by atoms with E-state index in [4.69, 9.17) is 9.84 Å². The highest BCUT2D eigenvalue weighted by Crippen LogP contribution is 2.26. The topological polar surface area (TPSA) is 29.5 Å². The van der Waals surface area contributed by atoms with Crippen molar-refractivity contribution < 1.29 is 9.84 Å². The monoisotopic (exact) mass is 174 g/mol. The van der Waals surface area contributed by atoms with Crippen LogP contribution >= 0.6 is 0 Å². The Labute approximate surface area is 75.9 Å². The number of hydrogen-bond acceptors (Lipinski definition) is 2. The molecule has 1 N–H and O–H groups in total. The van der Waals surface area contributed by atoms with Crippen molar-refractivity contribution in [2.24, 2.45) is 5.41 Å². The van der Waals surface area contributed by atoms with E-state index in [0.717, 1.165) is 32.5 Å². The summed E-state index contributed by atoms with van der Waals surface area (Å²) < 4.78 is 5.24. The van der Waals surface area contributed by atoms with Crippen LogP contribution in [0.1, 0.15) is 40.0 Å². The molecule has 0 aliphatic heterocycles. The summed E-state index contributed by atoms with van der Waals surface area (Å²) in [7, 11) is 0. The summed E-state index contributed by atoms with van der Waals surface area (Å²) in [6.07, 6.45) is 3.15. The molecule has 0 aromatic rings. The fourth-order valence-electron chi connectivity index (χ4n) is 1.11. The molecule has 0 aliphatic rings. The van der Waals surface area contributed by atoms with Gasteiger partial charge in [0, 0.05) is 19.8 Å². The van der Waals surface area contributed by atoms with E-state index >= 15 is 0 Å². The highest BCUT2D eigenvalue weighted by atomic mass is 16.5. The van der Waals surface area contributed by atoms with Crippen molar-refractivity contribution >= 4 is 0 Å². The molecule has 0 amide bonds. The Balaban J connectivity index is 3.45. The summed E-state index contributed by atoms with van der Waals surface area (Å²) in [6, 6.07) is 0. The van der Waals surface area contributed by atoms with Crippen LogP contribution in [0, 0.1) is 5.41 Å². The van der Waals surface area contributed by atoms with Gasteiger partial charge in [-0.3, -0.25) is 0 Å². The lowest BCUT2D eigenvalue weighted by Crippen LogP contribution is -2.20. The second-order valence-corrected chi connectivity index (χ2v) is 3.62. The van der Waals surface area contributed by atoms with Crippen molar-refractivity contribution in [3.05, 3.63) is 0 Å². The number of aliphatic hydroxyl groups is 1. The van der Waals surface area contributed by atoms with Crippen LogP contribution in [0.25, 0.3) is 0 Å². The molecular formula is C10H22O2. The third-order valence-electron chi connectivity index (χ3n) is 2.51. The highest BCUT2D eigenvalue weighted by molar-refractivity contribution is 4.70. The average Bonchev–Trinajstić information content (AvgIpc) is 2.12. The molecule has 0 bridgehead atoms. The molecule has 12 heavy (non-hydrogen) atoms. The fraction of sp³-hybridized carbons (Fsp3) is 1.00. The molecule has 0 aromatic carbocycles. The van der Waals surface area contributed by atoms with Crippen molar-refractivity contribution in [3.63, 3.8) is 0 Å². The Morgan fingerprint density at radius 1 is 1.33 bits per heavy atom. The average molecular weight is 174 g/mol. The summed E-state index contributed by atoms with van der Waals surface area (Å²) in [5.74, 6) is 0. The van der Waals surface area contributed by atoms with Gasteiger partial charge in [0.1, 0.15) is 0 Å². The van der Waals surface area contributed by atoms with Crippen LogP contribution in [-0.2, 0) is 4.74 Å². The first-order chi connectivity index (χ1) is 5.68. The second-order valence-electron chi connectivity index (χ2n) is 3.62. The van der Waals surface area contributed by atoms with Crippen LogP contribution in [0.3, 0.4) is 0 Å². The number of aliphatic hydroxyl groups excluding tert-OH is 1. The molecule has 2 nitrogen and oxygen atoms in total. The minimum Gasteiger partial charge on any atom is -0.396 e. The lowest BCUT2D eigenvalue weighted by molar-refractivity contribution is 0.0967. The first-order valence-corrected chi connectivity index (χ1v) is 4.87. The molecule has 0 aliphatic carbocycles. The smallest absolute Gasteiger partial charge is 0.0484 e. The van der Waals surface area contributed by atoms with E-state index in [1.54, 1.807) is 0 Å². The molecule has 1 unspecified atom stereocenters. The molecule has 0 aromatic heterocycles. The lowest BCUT2D eigenvalue weighted by atomic mass is 9.84. The molecule has 0 saturated heterocycles. The zero-order valence-electron chi connectivity index (χ0n) is 8.60. The predicted octanol–water partition coefficient (Wildman–Crippen LogP) is 2.21. The van der Waals surface area contributed by atoms with Gasteiger partial charge >= 0.3 is 0 Å². The minimum absolute atomic E-state index is 0.108. The largest absolute Gasteiger partial charge is 0.396 e. The first-order valence-electron chi connectivity index (χ1n) is 4.87. The Kier molecular flexibility index (Phi) is 6.39. The van der Waals surface area contributed by atoms with Gasteiger partial charge in [0.2, 0.25) is 0 Å². The zero-order valence-corrected chi connectivity index (χ0v) is 8.60. The molecule has 0 heterocycles. The molecule has 0 fully saturated rings. The van der Waals surface area contributed by atoms with Crippen LogP contribution in [0.2, 0.25) is 0 Å². The number of rotatable bonds is 7. The summed E-state index contributed by atoms with van der Waals surface area (Å²) in [5, 5.41) is 9.10. The van der Waals surface area contributed by atoms with Crippen LogP contribution in [0.15, 0.2) is 0 Å². The van der Waals surface area contributed by atoms with Gasteiger partial charge < -0.3 is 9.84 Å². The Bertz CT molecular complexity index is 98.0. The molecular weight excluding hydrogens is 152 g/mol. The van der Waals surface area contributed by atoms with Gasteiger partial charge in [0.05, 0.1) is 0 Å². The van der Waals surface area contributed by atoms with Crippen molar-refractivity contribution in [1.82, 2.24) is 0 Å². The van der Waals surface area contributed by atoms with Gasteiger partial charge in [-0.05, 0) is 31.6 Å². The maximum absolute atomic E-state index is 9.10. The number of ether oxygens (including phenoxy) is 1. The van der Waals surface area contributed by atoms with E-state index in [1.807, 2.05) is 6.92 Å². The van der Waals surface area contributed by atoms with Gasteiger partial charge in [0.15, 0.2) is 0 Å². The fourth-order valence-corrected chi connectivity index (χ4v) is 1.11. The molecule has 74 valence electrons. The molecule has 0 spiro atoms. The summed E-state index contributed by atoms with van der Waals surface area (Å²) in [5.41, 5.74) is 0.108. The van der Waals surface area contributed by atoms with E-state index < -0.39 is 0 Å². The van der Waals surface area contributed by atoms with Crippen molar-refractivity contribution in [3.8, 4) is 0 Å². The lowest BCUT2D eigenvalue weighted by Gasteiger charge is -2.25. The quantitative estimate of drug-likeness (QED) is 0.600. The SMILES string of the molecule is CCOCCCC(C)(CC)CO. The molecule has 0 radical (unpaired) electrons. The van der Waals surface area contributed by atoms with Gasteiger partial charge in [-0.1, -0.05) is 13.8 Å².